The molecule has 1 aliphatic rings. The van der Waals surface area contributed by atoms with Crippen LogP contribution in [0.25, 0.3) is 10.8 Å². The van der Waals surface area contributed by atoms with Gasteiger partial charge in [-0.25, -0.2) is 0 Å². The summed E-state index contributed by atoms with van der Waals surface area (Å²) >= 11 is 0. The van der Waals surface area contributed by atoms with Crippen molar-refractivity contribution in [2.75, 3.05) is 13.1 Å². The zero-order valence-corrected chi connectivity index (χ0v) is 14.8. The molecule has 4 heteroatoms. The Kier molecular flexibility index (Phi) is 5.69. The van der Waals surface area contributed by atoms with Crippen LogP contribution < -0.4 is 5.32 Å². The van der Waals surface area contributed by atoms with Crippen molar-refractivity contribution in [3.05, 3.63) is 48.0 Å². The Morgan fingerprint density at radius 2 is 1.92 bits per heavy atom. The summed E-state index contributed by atoms with van der Waals surface area (Å²) in [5, 5.41) is 5.50. The highest BCUT2D eigenvalue weighted by atomic mass is 16.2. The van der Waals surface area contributed by atoms with E-state index in [1.807, 2.05) is 17.0 Å². The molecule has 1 fully saturated rings. The van der Waals surface area contributed by atoms with Gasteiger partial charge in [-0.05, 0) is 42.0 Å². The van der Waals surface area contributed by atoms with E-state index in [2.05, 4.69) is 35.6 Å². The molecule has 0 saturated carbocycles. The van der Waals surface area contributed by atoms with Gasteiger partial charge >= 0.3 is 0 Å². The predicted molar refractivity (Wildman–Crippen MR) is 100 cm³/mol. The van der Waals surface area contributed by atoms with Crippen LogP contribution in [-0.4, -0.2) is 35.8 Å². The Hall–Kier alpha value is -2.36. The molecule has 2 aromatic carbocycles. The maximum atomic E-state index is 12.3. The number of hydrogen-bond donors (Lipinski definition) is 1. The Balaban J connectivity index is 1.53. The van der Waals surface area contributed by atoms with E-state index >= 15 is 0 Å². The van der Waals surface area contributed by atoms with Crippen molar-refractivity contribution in [1.82, 2.24) is 10.2 Å². The van der Waals surface area contributed by atoms with Crippen LogP contribution in [-0.2, 0) is 16.0 Å². The molecule has 2 aromatic rings. The molecule has 1 N–H and O–H groups in total. The van der Waals surface area contributed by atoms with Gasteiger partial charge in [0.15, 0.2) is 0 Å². The van der Waals surface area contributed by atoms with Crippen LogP contribution in [0.3, 0.4) is 0 Å². The summed E-state index contributed by atoms with van der Waals surface area (Å²) in [6, 6.07) is 14.7. The third kappa shape index (κ3) is 4.38. The fraction of sp³-hybridized carbons (Fsp3) is 0.429. The molecule has 0 aromatic heterocycles. The van der Waals surface area contributed by atoms with Crippen LogP contribution >= 0.6 is 0 Å². The van der Waals surface area contributed by atoms with Crippen LogP contribution in [0.5, 0.6) is 0 Å². The third-order valence-electron chi connectivity index (χ3n) is 5.05. The third-order valence-corrected chi connectivity index (χ3v) is 5.05. The first-order valence-electron chi connectivity index (χ1n) is 9.15. The maximum absolute atomic E-state index is 12.3. The van der Waals surface area contributed by atoms with E-state index < -0.39 is 0 Å². The average Bonchev–Trinajstić information content (AvgIpc) is 2.62. The number of piperidine rings is 1. The minimum absolute atomic E-state index is 0.0402. The molecule has 2 amide bonds. The van der Waals surface area contributed by atoms with Gasteiger partial charge in [-0.15, -0.1) is 0 Å². The highest BCUT2D eigenvalue weighted by Crippen LogP contribution is 2.20. The molecule has 0 unspecified atom stereocenters. The lowest BCUT2D eigenvalue weighted by Crippen LogP contribution is -2.45. The van der Waals surface area contributed by atoms with E-state index in [-0.39, 0.29) is 17.9 Å². The van der Waals surface area contributed by atoms with Crippen molar-refractivity contribution in [1.29, 1.82) is 0 Å². The second-order valence-electron chi connectivity index (χ2n) is 6.80. The molecular weight excluding hydrogens is 312 g/mol. The first-order valence-corrected chi connectivity index (χ1v) is 9.15. The van der Waals surface area contributed by atoms with Crippen molar-refractivity contribution < 1.29 is 9.59 Å². The highest BCUT2D eigenvalue weighted by molar-refractivity contribution is 5.85. The molecule has 25 heavy (non-hydrogen) atoms. The SMILES string of the molecule is CC(=O)N1CCCC[C@@H]1CC(=O)NCCc1cccc2ccccc12. The number of benzene rings is 2. The summed E-state index contributed by atoms with van der Waals surface area (Å²) in [6.45, 7) is 3.00. The monoisotopic (exact) mass is 338 g/mol. The first kappa shape index (κ1) is 17.5. The Morgan fingerprint density at radius 1 is 1.12 bits per heavy atom. The van der Waals surface area contributed by atoms with E-state index in [0.717, 1.165) is 32.2 Å². The lowest BCUT2D eigenvalue weighted by atomic mass is 9.99. The smallest absolute Gasteiger partial charge is 0.222 e. The molecule has 0 spiro atoms. The number of carbonyl (C=O) groups excluding carboxylic acids is 2. The highest BCUT2D eigenvalue weighted by Gasteiger charge is 2.26. The standard InChI is InChI=1S/C21H26N2O2/c1-16(24)23-14-5-4-10-19(23)15-21(25)22-13-12-18-9-6-8-17-7-2-3-11-20(17)18/h2-3,6-9,11,19H,4-5,10,12-15H2,1H3,(H,22,25)/t19-/m1/s1. The van der Waals surface area contributed by atoms with E-state index in [1.54, 1.807) is 6.92 Å². The van der Waals surface area contributed by atoms with Gasteiger partial charge in [0.1, 0.15) is 0 Å². The van der Waals surface area contributed by atoms with Gasteiger partial charge in [0.25, 0.3) is 0 Å². The number of likely N-dealkylation sites (tertiary alicyclic amines) is 1. The van der Waals surface area contributed by atoms with Crippen molar-refractivity contribution in [3.63, 3.8) is 0 Å². The van der Waals surface area contributed by atoms with E-state index in [0.29, 0.717) is 13.0 Å². The summed E-state index contributed by atoms with van der Waals surface area (Å²) in [7, 11) is 0. The first-order chi connectivity index (χ1) is 12.1. The van der Waals surface area contributed by atoms with Crippen LogP contribution in [0.15, 0.2) is 42.5 Å². The molecule has 3 rings (SSSR count). The minimum atomic E-state index is 0.0402. The van der Waals surface area contributed by atoms with Crippen LogP contribution in [0, 0.1) is 0 Å². The maximum Gasteiger partial charge on any atom is 0.222 e. The summed E-state index contributed by atoms with van der Waals surface area (Å²) in [5.74, 6) is 0.117. The quantitative estimate of drug-likeness (QED) is 0.909. The van der Waals surface area contributed by atoms with Gasteiger partial charge in [-0.3, -0.25) is 9.59 Å². The van der Waals surface area contributed by atoms with Gasteiger partial charge in [0.05, 0.1) is 0 Å². The summed E-state index contributed by atoms with van der Waals surface area (Å²) < 4.78 is 0. The van der Waals surface area contributed by atoms with Crippen LogP contribution in [0.1, 0.15) is 38.2 Å². The van der Waals surface area contributed by atoms with Gasteiger partial charge in [0.2, 0.25) is 11.8 Å². The van der Waals surface area contributed by atoms with Gasteiger partial charge in [-0.2, -0.15) is 0 Å². The molecular formula is C21H26N2O2. The molecule has 1 heterocycles. The number of amides is 2. The molecule has 132 valence electrons. The van der Waals surface area contributed by atoms with Crippen LogP contribution in [0.2, 0.25) is 0 Å². The molecule has 0 aliphatic carbocycles. The fourth-order valence-corrected chi connectivity index (χ4v) is 3.76. The van der Waals surface area contributed by atoms with Crippen LogP contribution in [0.4, 0.5) is 0 Å². The van der Waals surface area contributed by atoms with Gasteiger partial charge in [-0.1, -0.05) is 42.5 Å². The van der Waals surface area contributed by atoms with Gasteiger partial charge in [0, 0.05) is 32.5 Å². The largest absolute Gasteiger partial charge is 0.356 e. The fourth-order valence-electron chi connectivity index (χ4n) is 3.76. The van der Waals surface area contributed by atoms with E-state index in [4.69, 9.17) is 0 Å². The Morgan fingerprint density at radius 3 is 2.76 bits per heavy atom. The predicted octanol–water partition coefficient (Wildman–Crippen LogP) is 3.29. The van der Waals surface area contributed by atoms with Crippen molar-refractivity contribution in [3.8, 4) is 0 Å². The zero-order chi connectivity index (χ0) is 17.6. The zero-order valence-electron chi connectivity index (χ0n) is 14.8. The number of nitrogens with one attached hydrogen (secondary N) is 1. The second kappa shape index (κ2) is 8.15. The average molecular weight is 338 g/mol. The van der Waals surface area contributed by atoms with E-state index in [9.17, 15) is 9.59 Å². The summed E-state index contributed by atoms with van der Waals surface area (Å²) in [4.78, 5) is 25.8. The number of fused-ring (bicyclic) bond motifs is 1. The molecule has 0 radical (unpaired) electrons. The molecule has 4 nitrogen and oxygen atoms in total. The number of carbonyl (C=O) groups is 2. The Bertz CT molecular complexity index is 751. The summed E-state index contributed by atoms with van der Waals surface area (Å²) in [6.07, 6.45) is 4.29. The number of hydrogen-bond acceptors (Lipinski definition) is 2. The Labute approximate surface area is 149 Å². The second-order valence-corrected chi connectivity index (χ2v) is 6.80. The van der Waals surface area contributed by atoms with Gasteiger partial charge < -0.3 is 10.2 Å². The topological polar surface area (TPSA) is 49.4 Å². The molecule has 0 bridgehead atoms. The summed E-state index contributed by atoms with van der Waals surface area (Å²) in [5.41, 5.74) is 1.25. The van der Waals surface area contributed by atoms with E-state index in [1.165, 1.54) is 16.3 Å². The lowest BCUT2D eigenvalue weighted by Gasteiger charge is -2.34. The number of rotatable bonds is 5. The number of nitrogens with zero attached hydrogens (tertiary/aromatic N) is 1. The van der Waals surface area contributed by atoms with Crippen molar-refractivity contribution in [2.45, 2.75) is 45.1 Å². The normalized spacial score (nSPS) is 17.5. The minimum Gasteiger partial charge on any atom is -0.356 e. The lowest BCUT2D eigenvalue weighted by molar-refractivity contribution is -0.134. The molecule has 1 saturated heterocycles. The molecule has 1 atom stereocenters. The van der Waals surface area contributed by atoms with Crippen molar-refractivity contribution in [2.24, 2.45) is 0 Å². The van der Waals surface area contributed by atoms with Crippen molar-refractivity contribution >= 4 is 22.6 Å². The molecule has 1 aliphatic heterocycles.